The van der Waals surface area contributed by atoms with Gasteiger partial charge in [0.15, 0.2) is 0 Å². The normalized spacial score (nSPS) is 17.3. The largest absolute Gasteiger partial charge is 0.492 e. The lowest BCUT2D eigenvalue weighted by Gasteiger charge is -2.26. The van der Waals surface area contributed by atoms with Gasteiger partial charge in [-0.3, -0.25) is 19.4 Å². The molecule has 0 aliphatic carbocycles. The molecule has 0 atom stereocenters. The van der Waals surface area contributed by atoms with Gasteiger partial charge in [0.1, 0.15) is 16.7 Å². The third kappa shape index (κ3) is 8.42. The fourth-order valence-electron chi connectivity index (χ4n) is 4.36. The molecule has 2 saturated heterocycles. The van der Waals surface area contributed by atoms with Gasteiger partial charge in [-0.1, -0.05) is 65.7 Å². The molecule has 11 heteroatoms. The molecule has 2 aromatic carbocycles. The van der Waals surface area contributed by atoms with Gasteiger partial charge in [-0.2, -0.15) is 0 Å². The number of halogens is 2. The van der Waals surface area contributed by atoms with Crippen molar-refractivity contribution in [2.24, 2.45) is 0 Å². The molecular weight excluding hydrogens is 579 g/mol. The van der Waals surface area contributed by atoms with Crippen LogP contribution in [0.3, 0.4) is 0 Å². The number of aliphatic carboxylic acids is 1. The zero-order valence-electron chi connectivity index (χ0n) is 21.4. The highest BCUT2D eigenvalue weighted by Crippen LogP contribution is 2.39. The Balaban J connectivity index is 1.50. The number of rotatable bonds is 12. The van der Waals surface area contributed by atoms with Gasteiger partial charge in [0, 0.05) is 48.7 Å². The number of carbonyl (C=O) groups is 2. The van der Waals surface area contributed by atoms with Crippen LogP contribution in [0.25, 0.3) is 17.2 Å². The van der Waals surface area contributed by atoms with Crippen molar-refractivity contribution < 1.29 is 24.2 Å². The average molecular weight is 610 g/mol. The summed E-state index contributed by atoms with van der Waals surface area (Å²) in [5.41, 5.74) is 2.41. The van der Waals surface area contributed by atoms with Crippen LogP contribution in [0.2, 0.25) is 10.0 Å². The minimum absolute atomic E-state index is 0.130. The molecule has 2 aliphatic heterocycles. The van der Waals surface area contributed by atoms with E-state index in [0.29, 0.717) is 51.0 Å². The Morgan fingerprint density at radius 1 is 1.08 bits per heavy atom. The van der Waals surface area contributed by atoms with E-state index in [1.807, 2.05) is 30.3 Å². The summed E-state index contributed by atoms with van der Waals surface area (Å²) < 4.78 is 12.1. The van der Waals surface area contributed by atoms with Crippen molar-refractivity contribution in [3.8, 4) is 16.9 Å². The number of carbonyl (C=O) groups excluding carboxylic acids is 1. The number of nitrogens with zero attached hydrogens (tertiary/aromatic N) is 2. The van der Waals surface area contributed by atoms with Crippen molar-refractivity contribution in [1.29, 1.82) is 0 Å². The maximum atomic E-state index is 13.1. The van der Waals surface area contributed by atoms with Crippen LogP contribution < -0.4 is 4.74 Å². The quantitative estimate of drug-likeness (QED) is 0.173. The van der Waals surface area contributed by atoms with Gasteiger partial charge < -0.3 is 14.6 Å². The van der Waals surface area contributed by atoms with Crippen molar-refractivity contribution in [2.75, 3.05) is 46.0 Å². The zero-order chi connectivity index (χ0) is 27.8. The van der Waals surface area contributed by atoms with Gasteiger partial charge in [-0.05, 0) is 48.7 Å². The first-order valence-electron chi connectivity index (χ1n) is 12.8. The van der Waals surface area contributed by atoms with Crippen molar-refractivity contribution in [1.82, 2.24) is 9.80 Å². The Bertz CT molecular complexity index is 1250. The molecule has 7 nitrogen and oxygen atoms in total. The molecule has 2 fully saturated rings. The van der Waals surface area contributed by atoms with Crippen molar-refractivity contribution in [3.63, 3.8) is 0 Å². The minimum Gasteiger partial charge on any atom is -0.492 e. The molecule has 1 amide bonds. The van der Waals surface area contributed by atoms with Crippen LogP contribution in [0, 0.1) is 0 Å². The second-order valence-corrected chi connectivity index (χ2v) is 11.7. The first-order chi connectivity index (χ1) is 18.8. The van der Waals surface area contributed by atoms with E-state index >= 15 is 0 Å². The zero-order valence-corrected chi connectivity index (χ0v) is 24.5. The number of unbranched alkanes of at least 4 members (excludes halogenated alkanes) is 2. The molecule has 208 valence electrons. The van der Waals surface area contributed by atoms with E-state index in [2.05, 4.69) is 4.90 Å². The number of carboxylic acids is 1. The number of amides is 1. The molecular formula is C28H30Cl2N2O5S2. The van der Waals surface area contributed by atoms with Crippen LogP contribution in [-0.4, -0.2) is 77.1 Å². The summed E-state index contributed by atoms with van der Waals surface area (Å²) in [4.78, 5) is 28.2. The molecule has 4 rings (SSSR count). The van der Waals surface area contributed by atoms with Gasteiger partial charge in [-0.15, -0.1) is 0 Å². The number of thioether (sulfide) groups is 1. The monoisotopic (exact) mass is 608 g/mol. The maximum absolute atomic E-state index is 13.1. The van der Waals surface area contributed by atoms with Crippen molar-refractivity contribution >= 4 is 69.5 Å². The Morgan fingerprint density at radius 2 is 1.87 bits per heavy atom. The molecule has 0 radical (unpaired) electrons. The van der Waals surface area contributed by atoms with E-state index in [4.69, 9.17) is 50.0 Å². The van der Waals surface area contributed by atoms with Crippen LogP contribution in [-0.2, 0) is 14.3 Å². The highest BCUT2D eigenvalue weighted by molar-refractivity contribution is 8.26. The second kappa shape index (κ2) is 14.5. The minimum atomic E-state index is -0.809. The van der Waals surface area contributed by atoms with E-state index in [1.165, 1.54) is 11.8 Å². The van der Waals surface area contributed by atoms with Crippen molar-refractivity contribution in [3.05, 3.63) is 56.9 Å². The number of ether oxygens (including phenoxy) is 2. The summed E-state index contributed by atoms with van der Waals surface area (Å²) in [5.74, 6) is -0.255. The SMILES string of the molecule is O=C(O)CCCCCN1C(=O)C(=Cc2ccc(OCCN3CCOCC3)c(-c3ccc(Cl)cc3Cl)c2)SC1=S. The van der Waals surface area contributed by atoms with Crippen LogP contribution in [0.5, 0.6) is 5.75 Å². The highest BCUT2D eigenvalue weighted by atomic mass is 35.5. The summed E-state index contributed by atoms with van der Waals surface area (Å²) in [7, 11) is 0. The third-order valence-corrected chi connectivity index (χ3v) is 8.36. The number of hydrogen-bond donors (Lipinski definition) is 1. The molecule has 0 spiro atoms. The lowest BCUT2D eigenvalue weighted by atomic mass is 10.0. The second-order valence-electron chi connectivity index (χ2n) is 9.22. The van der Waals surface area contributed by atoms with Crippen LogP contribution in [0.4, 0.5) is 0 Å². The molecule has 0 unspecified atom stereocenters. The van der Waals surface area contributed by atoms with Gasteiger partial charge in [0.05, 0.1) is 23.1 Å². The Morgan fingerprint density at radius 3 is 2.62 bits per heavy atom. The van der Waals surface area contributed by atoms with E-state index in [1.54, 1.807) is 17.0 Å². The number of hydrogen-bond acceptors (Lipinski definition) is 7. The molecule has 0 aromatic heterocycles. The first kappa shape index (κ1) is 29.8. The molecule has 39 heavy (non-hydrogen) atoms. The molecule has 0 saturated carbocycles. The number of benzene rings is 2. The third-order valence-electron chi connectivity index (χ3n) is 6.44. The van der Waals surface area contributed by atoms with Crippen LogP contribution in [0.1, 0.15) is 31.2 Å². The lowest BCUT2D eigenvalue weighted by molar-refractivity contribution is -0.137. The van der Waals surface area contributed by atoms with E-state index in [0.717, 1.165) is 56.0 Å². The molecule has 2 aromatic rings. The Kier molecular flexibility index (Phi) is 11.1. The van der Waals surface area contributed by atoms with E-state index < -0.39 is 5.97 Å². The Labute approximate surface area is 248 Å². The van der Waals surface area contributed by atoms with Gasteiger partial charge >= 0.3 is 5.97 Å². The predicted octanol–water partition coefficient (Wildman–Crippen LogP) is 6.22. The maximum Gasteiger partial charge on any atom is 0.303 e. The number of carboxylic acid groups (broad SMARTS) is 1. The molecule has 2 heterocycles. The summed E-state index contributed by atoms with van der Waals surface area (Å²) in [6.07, 6.45) is 3.96. The predicted molar refractivity (Wildman–Crippen MR) is 161 cm³/mol. The fraction of sp³-hybridized carbons (Fsp3) is 0.393. The Hall–Kier alpha value is -2.14. The summed E-state index contributed by atoms with van der Waals surface area (Å²) in [6.45, 7) is 5.02. The lowest BCUT2D eigenvalue weighted by Crippen LogP contribution is -2.38. The average Bonchev–Trinajstić information content (AvgIpc) is 3.17. The summed E-state index contributed by atoms with van der Waals surface area (Å²) >= 11 is 19.4. The summed E-state index contributed by atoms with van der Waals surface area (Å²) in [6, 6.07) is 11.1. The van der Waals surface area contributed by atoms with Gasteiger partial charge in [0.25, 0.3) is 5.91 Å². The highest BCUT2D eigenvalue weighted by Gasteiger charge is 2.31. The topological polar surface area (TPSA) is 79.3 Å². The molecule has 0 bridgehead atoms. The number of morpholine rings is 1. The van der Waals surface area contributed by atoms with E-state index in [-0.39, 0.29) is 12.3 Å². The first-order valence-corrected chi connectivity index (χ1v) is 14.8. The van der Waals surface area contributed by atoms with Gasteiger partial charge in [0.2, 0.25) is 0 Å². The molecule has 2 aliphatic rings. The van der Waals surface area contributed by atoms with Crippen molar-refractivity contribution in [2.45, 2.75) is 25.7 Å². The molecule has 1 N–H and O–H groups in total. The van der Waals surface area contributed by atoms with E-state index in [9.17, 15) is 9.59 Å². The number of thiocarbonyl (C=S) groups is 1. The standard InChI is InChI=1S/C28H30Cl2N2O5S2/c29-20-6-7-21(23(30)18-20)22-16-19(5-8-24(22)37-15-12-31-10-13-36-14-11-31)17-25-27(35)32(28(38)39-25)9-3-1-2-4-26(33)34/h5-8,16-18H,1-4,9-15H2,(H,33,34). The smallest absolute Gasteiger partial charge is 0.303 e. The van der Waals surface area contributed by atoms with Gasteiger partial charge in [-0.25, -0.2) is 0 Å². The summed E-state index contributed by atoms with van der Waals surface area (Å²) in [5, 5.41) is 9.84. The fourth-order valence-corrected chi connectivity index (χ4v) is 6.18. The van der Waals surface area contributed by atoms with Crippen LogP contribution in [0.15, 0.2) is 41.3 Å². The van der Waals surface area contributed by atoms with Crippen LogP contribution >= 0.6 is 47.2 Å².